The van der Waals surface area contributed by atoms with Gasteiger partial charge in [0.05, 0.1) is 25.6 Å². The van der Waals surface area contributed by atoms with E-state index in [1.165, 1.54) is 32.1 Å². The van der Waals surface area contributed by atoms with E-state index in [2.05, 4.69) is 15.5 Å². The predicted molar refractivity (Wildman–Crippen MR) is 131 cm³/mol. The predicted octanol–water partition coefficient (Wildman–Crippen LogP) is 3.05. The molecule has 0 atom stereocenters. The van der Waals surface area contributed by atoms with E-state index in [1.54, 1.807) is 6.26 Å². The lowest BCUT2D eigenvalue weighted by Crippen LogP contribution is -2.44. The third-order valence-corrected chi connectivity index (χ3v) is 5.55. The molecule has 30 heavy (non-hydrogen) atoms. The third-order valence-electron chi connectivity index (χ3n) is 5.55. The number of guanidine groups is 1. The number of nitrogens with one attached hydrogen (secondary N) is 2. The van der Waals surface area contributed by atoms with Crippen molar-refractivity contribution in [3.8, 4) is 0 Å². The Bertz CT molecular complexity index is 559. The van der Waals surface area contributed by atoms with Crippen molar-refractivity contribution in [2.24, 2.45) is 4.99 Å². The van der Waals surface area contributed by atoms with Gasteiger partial charge < -0.3 is 24.5 Å². The minimum atomic E-state index is 0. The molecule has 1 aromatic heterocycles. The highest BCUT2D eigenvalue weighted by Crippen LogP contribution is 2.20. The number of morpholine rings is 1. The molecule has 1 saturated carbocycles. The lowest BCUT2D eigenvalue weighted by molar-refractivity contribution is 0.0281. The third kappa shape index (κ3) is 10.5. The van der Waals surface area contributed by atoms with E-state index < -0.39 is 0 Å². The number of furan rings is 1. The molecule has 172 valence electrons. The van der Waals surface area contributed by atoms with Crippen LogP contribution in [0.2, 0.25) is 0 Å². The summed E-state index contributed by atoms with van der Waals surface area (Å²) in [6.45, 7) is 7.97. The Morgan fingerprint density at radius 2 is 1.93 bits per heavy atom. The van der Waals surface area contributed by atoms with Crippen LogP contribution >= 0.6 is 24.0 Å². The van der Waals surface area contributed by atoms with Crippen LogP contribution < -0.4 is 10.6 Å². The van der Waals surface area contributed by atoms with Gasteiger partial charge in [0, 0.05) is 52.3 Å². The molecular formula is C22H39IN4O3. The molecule has 3 rings (SSSR count). The van der Waals surface area contributed by atoms with Gasteiger partial charge in [0.2, 0.25) is 0 Å². The zero-order valence-corrected chi connectivity index (χ0v) is 20.5. The molecule has 2 N–H and O–H groups in total. The summed E-state index contributed by atoms with van der Waals surface area (Å²) in [7, 11) is 0. The summed E-state index contributed by atoms with van der Waals surface area (Å²) in [5, 5.41) is 6.90. The van der Waals surface area contributed by atoms with Crippen molar-refractivity contribution in [3.63, 3.8) is 0 Å². The molecule has 2 fully saturated rings. The largest absolute Gasteiger partial charge is 0.469 e. The van der Waals surface area contributed by atoms with E-state index in [1.807, 2.05) is 12.1 Å². The topological polar surface area (TPSA) is 71.3 Å². The minimum absolute atomic E-state index is 0. The number of halogens is 1. The minimum Gasteiger partial charge on any atom is -0.469 e. The highest BCUT2D eigenvalue weighted by Gasteiger charge is 2.13. The monoisotopic (exact) mass is 534 g/mol. The lowest BCUT2D eigenvalue weighted by Gasteiger charge is -2.26. The molecule has 0 radical (unpaired) electrons. The molecule has 1 aromatic rings. The molecule has 2 heterocycles. The van der Waals surface area contributed by atoms with Gasteiger partial charge in [0.15, 0.2) is 5.96 Å². The van der Waals surface area contributed by atoms with Crippen LogP contribution in [0.25, 0.3) is 0 Å². The molecule has 7 nitrogen and oxygen atoms in total. The van der Waals surface area contributed by atoms with Crippen molar-refractivity contribution in [2.45, 2.75) is 51.0 Å². The maximum atomic E-state index is 6.01. The SMILES string of the molecule is I.c1coc(CCNC(=NCCCOC2CCCCC2)NCCN2CCOCC2)c1. The summed E-state index contributed by atoms with van der Waals surface area (Å²) in [5.74, 6) is 1.87. The van der Waals surface area contributed by atoms with Crippen LogP contribution in [0.1, 0.15) is 44.3 Å². The second-order valence-electron chi connectivity index (χ2n) is 7.85. The summed E-state index contributed by atoms with van der Waals surface area (Å²) < 4.78 is 16.8. The molecule has 0 amide bonds. The summed E-state index contributed by atoms with van der Waals surface area (Å²) in [5.41, 5.74) is 0. The molecule has 2 aliphatic rings. The van der Waals surface area contributed by atoms with Crippen LogP contribution in [0.5, 0.6) is 0 Å². The Morgan fingerprint density at radius 3 is 2.70 bits per heavy atom. The first kappa shape index (κ1) is 25.4. The Kier molecular flexibility index (Phi) is 13.5. The fraction of sp³-hybridized carbons (Fsp3) is 0.773. The first-order valence-electron chi connectivity index (χ1n) is 11.4. The van der Waals surface area contributed by atoms with E-state index in [9.17, 15) is 0 Å². The summed E-state index contributed by atoms with van der Waals surface area (Å²) in [6.07, 6.45) is 10.5. The first-order valence-corrected chi connectivity index (χ1v) is 11.4. The second kappa shape index (κ2) is 15.9. The molecule has 0 bridgehead atoms. The molecule has 1 aliphatic heterocycles. The zero-order valence-electron chi connectivity index (χ0n) is 18.2. The number of hydrogen-bond acceptors (Lipinski definition) is 5. The highest BCUT2D eigenvalue weighted by molar-refractivity contribution is 14.0. The van der Waals surface area contributed by atoms with Crippen molar-refractivity contribution in [1.29, 1.82) is 0 Å². The number of ether oxygens (including phenoxy) is 2. The number of rotatable bonds is 11. The van der Waals surface area contributed by atoms with E-state index in [0.29, 0.717) is 6.10 Å². The van der Waals surface area contributed by atoms with Crippen molar-refractivity contribution in [1.82, 2.24) is 15.5 Å². The quantitative estimate of drug-likeness (QED) is 0.197. The second-order valence-corrected chi connectivity index (χ2v) is 7.85. The van der Waals surface area contributed by atoms with Gasteiger partial charge in [-0.1, -0.05) is 19.3 Å². The van der Waals surface area contributed by atoms with Crippen molar-refractivity contribution < 1.29 is 13.9 Å². The van der Waals surface area contributed by atoms with Gasteiger partial charge in [-0.15, -0.1) is 24.0 Å². The Hall–Kier alpha value is -0.840. The Labute approximate surface area is 198 Å². The van der Waals surface area contributed by atoms with Crippen LogP contribution in [0, 0.1) is 0 Å². The molecule has 0 aromatic carbocycles. The Morgan fingerprint density at radius 1 is 1.13 bits per heavy atom. The van der Waals surface area contributed by atoms with Gasteiger partial charge in [-0.05, 0) is 31.4 Å². The van der Waals surface area contributed by atoms with Crippen LogP contribution in [0.3, 0.4) is 0 Å². The van der Waals surface area contributed by atoms with Gasteiger partial charge in [0.25, 0.3) is 0 Å². The van der Waals surface area contributed by atoms with Crippen molar-refractivity contribution in [3.05, 3.63) is 24.2 Å². The maximum absolute atomic E-state index is 6.01. The van der Waals surface area contributed by atoms with E-state index in [4.69, 9.17) is 18.9 Å². The van der Waals surface area contributed by atoms with E-state index in [-0.39, 0.29) is 24.0 Å². The van der Waals surface area contributed by atoms with E-state index in [0.717, 1.165) is 83.7 Å². The van der Waals surface area contributed by atoms with Gasteiger partial charge in [0.1, 0.15) is 5.76 Å². The summed E-state index contributed by atoms with van der Waals surface area (Å²) in [4.78, 5) is 7.17. The standard InChI is InChI=1S/C22H38N4O3.HI/c1-2-6-20(7-3-1)29-17-5-10-23-22(24-11-9-21-8-4-16-28-21)25-12-13-26-14-18-27-19-15-26;/h4,8,16,20H,1-3,5-7,9-15,17-19H2,(H2,23,24,25);1H. The van der Waals surface area contributed by atoms with E-state index >= 15 is 0 Å². The van der Waals surface area contributed by atoms with Crippen LogP contribution in [0.4, 0.5) is 0 Å². The van der Waals surface area contributed by atoms with Gasteiger partial charge >= 0.3 is 0 Å². The van der Waals surface area contributed by atoms with Crippen molar-refractivity contribution in [2.75, 3.05) is 59.1 Å². The Balaban J connectivity index is 0.00000320. The molecule has 8 heteroatoms. The first-order chi connectivity index (χ1) is 14.4. The van der Waals surface area contributed by atoms with Gasteiger partial charge in [-0.2, -0.15) is 0 Å². The van der Waals surface area contributed by atoms with Gasteiger partial charge in [-0.3, -0.25) is 9.89 Å². The number of hydrogen-bond donors (Lipinski definition) is 2. The van der Waals surface area contributed by atoms with Crippen LogP contribution in [-0.4, -0.2) is 76.1 Å². The van der Waals surface area contributed by atoms with Gasteiger partial charge in [-0.25, -0.2) is 0 Å². The maximum Gasteiger partial charge on any atom is 0.191 e. The van der Waals surface area contributed by atoms with Crippen molar-refractivity contribution >= 4 is 29.9 Å². The molecule has 1 aliphatic carbocycles. The molecule has 1 saturated heterocycles. The number of aliphatic imine (C=N–C) groups is 1. The zero-order chi connectivity index (χ0) is 20.0. The summed E-state index contributed by atoms with van der Waals surface area (Å²) in [6, 6.07) is 3.93. The lowest BCUT2D eigenvalue weighted by atomic mass is 9.98. The smallest absolute Gasteiger partial charge is 0.191 e. The normalized spacial score (nSPS) is 18.7. The molecular weight excluding hydrogens is 495 g/mol. The fourth-order valence-electron chi connectivity index (χ4n) is 3.83. The average Bonchev–Trinajstić information content (AvgIpc) is 3.28. The highest BCUT2D eigenvalue weighted by atomic mass is 127. The molecule has 0 unspecified atom stereocenters. The summed E-state index contributed by atoms with van der Waals surface area (Å²) >= 11 is 0. The fourth-order valence-corrected chi connectivity index (χ4v) is 3.83. The van der Waals surface area contributed by atoms with Crippen LogP contribution in [0.15, 0.2) is 27.8 Å². The molecule has 0 spiro atoms. The number of nitrogens with zero attached hydrogens (tertiary/aromatic N) is 2. The van der Waals surface area contributed by atoms with Crippen LogP contribution in [-0.2, 0) is 15.9 Å². The average molecular weight is 534 g/mol.